The highest BCUT2D eigenvalue weighted by molar-refractivity contribution is 6.07. The Labute approximate surface area is 143 Å². The molecule has 9 heteroatoms. The standard InChI is InChI=1S/C17H12F3N5O/c18-17(19,20)15-9(6-21-24-15)12-5-8(7-1-2-7)13-10(22-12)3-4-11-14(13)16(26)25-23-11/h3-7H,1-2H2,(H,21,24)(H2,23,25,26). The maximum Gasteiger partial charge on any atom is 0.435 e. The Kier molecular flexibility index (Phi) is 2.90. The van der Waals surface area contributed by atoms with Crippen LogP contribution in [0.4, 0.5) is 13.2 Å². The third-order valence-corrected chi connectivity index (χ3v) is 4.74. The van der Waals surface area contributed by atoms with Crippen molar-refractivity contribution < 1.29 is 13.2 Å². The number of H-pyrrole nitrogens is 3. The van der Waals surface area contributed by atoms with Gasteiger partial charge in [-0.25, -0.2) is 4.98 Å². The Balaban J connectivity index is 1.85. The van der Waals surface area contributed by atoms with Gasteiger partial charge >= 0.3 is 6.18 Å². The van der Waals surface area contributed by atoms with E-state index in [-0.39, 0.29) is 22.7 Å². The van der Waals surface area contributed by atoms with E-state index < -0.39 is 11.9 Å². The van der Waals surface area contributed by atoms with E-state index in [1.807, 2.05) is 0 Å². The highest BCUT2D eigenvalue weighted by Gasteiger charge is 2.37. The van der Waals surface area contributed by atoms with Crippen LogP contribution in [0.3, 0.4) is 0 Å². The molecular formula is C17H12F3N5O. The van der Waals surface area contributed by atoms with Gasteiger partial charge in [0.2, 0.25) is 0 Å². The first-order valence-electron chi connectivity index (χ1n) is 8.09. The minimum absolute atomic E-state index is 0.0932. The van der Waals surface area contributed by atoms with Crippen molar-refractivity contribution in [3.8, 4) is 11.3 Å². The average Bonchev–Trinajstić information content (AvgIpc) is 3.18. The molecule has 1 aliphatic rings. The number of nitrogens with one attached hydrogen (secondary N) is 3. The Morgan fingerprint density at radius 2 is 1.92 bits per heavy atom. The molecule has 0 aliphatic heterocycles. The van der Waals surface area contributed by atoms with Crippen LogP contribution in [0, 0.1) is 0 Å². The van der Waals surface area contributed by atoms with E-state index in [2.05, 4.69) is 25.4 Å². The monoisotopic (exact) mass is 359 g/mol. The molecule has 5 rings (SSSR count). The molecule has 4 aromatic rings. The summed E-state index contributed by atoms with van der Waals surface area (Å²) in [6.07, 6.45) is -1.49. The smallest absolute Gasteiger partial charge is 0.297 e. The number of pyridine rings is 1. The van der Waals surface area contributed by atoms with Crippen molar-refractivity contribution in [3.63, 3.8) is 0 Å². The van der Waals surface area contributed by atoms with Crippen LogP contribution in [0.1, 0.15) is 30.0 Å². The average molecular weight is 359 g/mol. The molecule has 0 atom stereocenters. The quantitative estimate of drug-likeness (QED) is 0.510. The van der Waals surface area contributed by atoms with Crippen LogP contribution in [-0.2, 0) is 6.18 Å². The molecule has 0 unspecified atom stereocenters. The number of hydrogen-bond donors (Lipinski definition) is 3. The van der Waals surface area contributed by atoms with Crippen molar-refractivity contribution in [2.45, 2.75) is 24.9 Å². The number of benzene rings is 1. The van der Waals surface area contributed by atoms with Crippen molar-refractivity contribution >= 4 is 21.8 Å². The lowest BCUT2D eigenvalue weighted by Crippen LogP contribution is -2.08. The van der Waals surface area contributed by atoms with Gasteiger partial charge in [-0.1, -0.05) is 0 Å². The Morgan fingerprint density at radius 1 is 1.12 bits per heavy atom. The van der Waals surface area contributed by atoms with Gasteiger partial charge in [-0.2, -0.15) is 18.3 Å². The van der Waals surface area contributed by atoms with Crippen LogP contribution in [0.5, 0.6) is 0 Å². The molecule has 3 N–H and O–H groups in total. The van der Waals surface area contributed by atoms with Gasteiger partial charge in [0.05, 0.1) is 27.7 Å². The van der Waals surface area contributed by atoms with E-state index in [0.717, 1.165) is 18.4 Å². The van der Waals surface area contributed by atoms with Gasteiger partial charge in [0.15, 0.2) is 5.69 Å². The van der Waals surface area contributed by atoms with Gasteiger partial charge < -0.3 is 0 Å². The van der Waals surface area contributed by atoms with E-state index in [1.54, 1.807) is 18.2 Å². The summed E-state index contributed by atoms with van der Waals surface area (Å²) in [5, 5.41) is 12.2. The molecule has 132 valence electrons. The van der Waals surface area contributed by atoms with Crippen LogP contribution >= 0.6 is 0 Å². The summed E-state index contributed by atoms with van der Waals surface area (Å²) in [6.45, 7) is 0. The fourth-order valence-electron chi connectivity index (χ4n) is 3.44. The predicted molar refractivity (Wildman–Crippen MR) is 88.8 cm³/mol. The first-order chi connectivity index (χ1) is 12.4. The van der Waals surface area contributed by atoms with Gasteiger partial charge in [-0.15, -0.1) is 0 Å². The summed E-state index contributed by atoms with van der Waals surface area (Å²) in [5.41, 5.74) is 0.855. The van der Waals surface area contributed by atoms with Gasteiger partial charge in [0.1, 0.15) is 0 Å². The molecule has 0 amide bonds. The second kappa shape index (κ2) is 4.96. The zero-order valence-electron chi connectivity index (χ0n) is 13.2. The maximum atomic E-state index is 13.2. The lowest BCUT2D eigenvalue weighted by molar-refractivity contribution is -0.140. The molecule has 0 radical (unpaired) electrons. The topological polar surface area (TPSA) is 90.2 Å². The molecule has 1 fully saturated rings. The van der Waals surface area contributed by atoms with Gasteiger partial charge in [-0.05, 0) is 42.5 Å². The first-order valence-corrected chi connectivity index (χ1v) is 8.09. The highest BCUT2D eigenvalue weighted by Crippen LogP contribution is 2.46. The molecule has 0 bridgehead atoms. The molecule has 6 nitrogen and oxygen atoms in total. The van der Waals surface area contributed by atoms with Crippen LogP contribution < -0.4 is 5.56 Å². The summed E-state index contributed by atoms with van der Waals surface area (Å²) in [7, 11) is 0. The predicted octanol–water partition coefficient (Wildman–Crippen LogP) is 3.69. The number of nitrogens with zero attached hydrogens (tertiary/aromatic N) is 2. The normalized spacial score (nSPS) is 15.2. The summed E-state index contributed by atoms with van der Waals surface area (Å²) in [5.74, 6) is 0.223. The molecule has 3 heterocycles. The number of rotatable bonds is 2. The van der Waals surface area contributed by atoms with Gasteiger partial charge in [-0.3, -0.25) is 20.1 Å². The largest absolute Gasteiger partial charge is 0.435 e. The fourth-order valence-corrected chi connectivity index (χ4v) is 3.44. The third-order valence-electron chi connectivity index (χ3n) is 4.74. The number of aromatic amines is 3. The highest BCUT2D eigenvalue weighted by atomic mass is 19.4. The van der Waals surface area contributed by atoms with E-state index in [1.165, 1.54) is 6.20 Å². The van der Waals surface area contributed by atoms with Crippen molar-refractivity contribution in [3.05, 3.63) is 46.0 Å². The fraction of sp³-hybridized carbons (Fsp3) is 0.235. The van der Waals surface area contributed by atoms with E-state index in [9.17, 15) is 18.0 Å². The van der Waals surface area contributed by atoms with Gasteiger partial charge in [0.25, 0.3) is 5.56 Å². The van der Waals surface area contributed by atoms with Crippen LogP contribution in [0.2, 0.25) is 0 Å². The maximum absolute atomic E-state index is 13.2. The molecule has 0 spiro atoms. The number of hydrogen-bond acceptors (Lipinski definition) is 3. The molecule has 3 aromatic heterocycles. The van der Waals surface area contributed by atoms with E-state index in [0.29, 0.717) is 21.8 Å². The Hall–Kier alpha value is -3.10. The second-order valence-corrected chi connectivity index (χ2v) is 6.48. The Bertz CT molecular complexity index is 1210. The zero-order valence-corrected chi connectivity index (χ0v) is 13.2. The molecule has 1 aliphatic carbocycles. The Morgan fingerprint density at radius 3 is 2.65 bits per heavy atom. The summed E-state index contributed by atoms with van der Waals surface area (Å²) in [4.78, 5) is 16.6. The van der Waals surface area contributed by atoms with E-state index >= 15 is 0 Å². The lowest BCUT2D eigenvalue weighted by Gasteiger charge is -2.11. The SMILES string of the molecule is O=c1[nH][nH]c2ccc3nc(-c4c[nH]nc4C(F)(F)F)cc(C4CC4)c3c12. The number of alkyl halides is 3. The van der Waals surface area contributed by atoms with E-state index in [4.69, 9.17) is 0 Å². The number of halogens is 3. The van der Waals surface area contributed by atoms with Crippen LogP contribution in [-0.4, -0.2) is 25.4 Å². The molecule has 0 saturated heterocycles. The van der Waals surface area contributed by atoms with Gasteiger partial charge in [0, 0.05) is 11.6 Å². The summed E-state index contributed by atoms with van der Waals surface area (Å²) >= 11 is 0. The molecular weight excluding hydrogens is 347 g/mol. The zero-order chi connectivity index (χ0) is 18.1. The van der Waals surface area contributed by atoms with Crippen molar-refractivity contribution in [2.24, 2.45) is 0 Å². The molecule has 26 heavy (non-hydrogen) atoms. The first kappa shape index (κ1) is 15.2. The van der Waals surface area contributed by atoms with Crippen molar-refractivity contribution in [1.82, 2.24) is 25.4 Å². The summed E-state index contributed by atoms with van der Waals surface area (Å²) in [6, 6.07) is 5.07. The van der Waals surface area contributed by atoms with Crippen molar-refractivity contribution in [2.75, 3.05) is 0 Å². The second-order valence-electron chi connectivity index (χ2n) is 6.48. The summed E-state index contributed by atoms with van der Waals surface area (Å²) < 4.78 is 39.6. The number of aromatic nitrogens is 5. The lowest BCUT2D eigenvalue weighted by atomic mass is 9.98. The van der Waals surface area contributed by atoms with Crippen LogP contribution in [0.25, 0.3) is 33.1 Å². The third kappa shape index (κ3) is 2.16. The molecule has 1 aromatic carbocycles. The number of fused-ring (bicyclic) bond motifs is 3. The van der Waals surface area contributed by atoms with Crippen molar-refractivity contribution in [1.29, 1.82) is 0 Å². The van der Waals surface area contributed by atoms with Crippen LogP contribution in [0.15, 0.2) is 29.2 Å². The minimum atomic E-state index is -4.58. The minimum Gasteiger partial charge on any atom is -0.297 e. The molecule has 1 saturated carbocycles.